The van der Waals surface area contributed by atoms with Crippen molar-refractivity contribution in [2.45, 2.75) is 26.7 Å². The van der Waals surface area contributed by atoms with E-state index in [0.717, 1.165) is 30.0 Å². The van der Waals surface area contributed by atoms with E-state index in [1.165, 1.54) is 18.5 Å². The van der Waals surface area contributed by atoms with Crippen LogP contribution >= 0.6 is 0 Å². The van der Waals surface area contributed by atoms with Gasteiger partial charge >= 0.3 is 0 Å². The first-order valence-corrected chi connectivity index (χ1v) is 7.32. The third-order valence-corrected chi connectivity index (χ3v) is 4.00. The van der Waals surface area contributed by atoms with Gasteiger partial charge in [-0.2, -0.15) is 5.10 Å². The number of anilines is 2. The lowest BCUT2D eigenvalue weighted by molar-refractivity contribution is 0.102. The minimum absolute atomic E-state index is 0.127. The first-order chi connectivity index (χ1) is 10.1. The second-order valence-corrected chi connectivity index (χ2v) is 5.56. The van der Waals surface area contributed by atoms with Crippen LogP contribution in [0.15, 0.2) is 24.4 Å². The summed E-state index contributed by atoms with van der Waals surface area (Å²) in [5, 5.41) is 9.61. The molecule has 1 saturated heterocycles. The summed E-state index contributed by atoms with van der Waals surface area (Å²) in [6.45, 7) is 6.11. The van der Waals surface area contributed by atoms with E-state index in [9.17, 15) is 4.79 Å². The predicted octanol–water partition coefficient (Wildman–Crippen LogP) is 2.88. The van der Waals surface area contributed by atoms with Gasteiger partial charge in [0.2, 0.25) is 0 Å². The van der Waals surface area contributed by atoms with Crippen molar-refractivity contribution in [3.8, 4) is 0 Å². The number of H-pyrrole nitrogens is 1. The number of nitrogens with zero attached hydrogens (tertiary/aromatic N) is 2. The number of rotatable bonds is 3. The highest BCUT2D eigenvalue weighted by atomic mass is 16.1. The Labute approximate surface area is 124 Å². The number of hydrogen-bond donors (Lipinski definition) is 2. The zero-order valence-electron chi connectivity index (χ0n) is 12.4. The Morgan fingerprint density at radius 3 is 2.67 bits per heavy atom. The standard InChI is InChI=1S/C16H20N4O/c1-11-9-13(20-7-3-4-8-20)5-6-15(11)18-16(21)14-10-17-19-12(14)2/h5-6,9-10H,3-4,7-8H2,1-2H3,(H,17,19)(H,18,21). The molecule has 21 heavy (non-hydrogen) atoms. The summed E-state index contributed by atoms with van der Waals surface area (Å²) in [5.74, 6) is -0.127. The van der Waals surface area contributed by atoms with E-state index >= 15 is 0 Å². The van der Waals surface area contributed by atoms with Gasteiger partial charge in [-0.3, -0.25) is 9.89 Å². The first-order valence-electron chi connectivity index (χ1n) is 7.32. The Hall–Kier alpha value is -2.30. The molecule has 0 spiro atoms. The van der Waals surface area contributed by atoms with Crippen LogP contribution in [0.1, 0.15) is 34.5 Å². The van der Waals surface area contributed by atoms with Crippen LogP contribution in [0.25, 0.3) is 0 Å². The quantitative estimate of drug-likeness (QED) is 0.911. The Balaban J connectivity index is 1.77. The maximum atomic E-state index is 12.2. The number of aromatic nitrogens is 2. The van der Waals surface area contributed by atoms with Crippen molar-refractivity contribution in [2.24, 2.45) is 0 Å². The number of benzene rings is 1. The molecule has 110 valence electrons. The summed E-state index contributed by atoms with van der Waals surface area (Å²) < 4.78 is 0. The normalized spacial score (nSPS) is 14.5. The highest BCUT2D eigenvalue weighted by Gasteiger charge is 2.15. The lowest BCUT2D eigenvalue weighted by atomic mass is 10.1. The summed E-state index contributed by atoms with van der Waals surface area (Å²) >= 11 is 0. The summed E-state index contributed by atoms with van der Waals surface area (Å²) in [6, 6.07) is 6.20. The number of aryl methyl sites for hydroxylation is 2. The minimum Gasteiger partial charge on any atom is -0.372 e. The van der Waals surface area contributed by atoms with Gasteiger partial charge < -0.3 is 10.2 Å². The Kier molecular flexibility index (Phi) is 3.64. The summed E-state index contributed by atoms with van der Waals surface area (Å²) in [4.78, 5) is 14.6. The molecule has 1 amide bonds. The van der Waals surface area contributed by atoms with Gasteiger partial charge in [0.1, 0.15) is 0 Å². The van der Waals surface area contributed by atoms with Gasteiger partial charge in [-0.05, 0) is 50.5 Å². The Morgan fingerprint density at radius 1 is 1.29 bits per heavy atom. The molecule has 5 nitrogen and oxygen atoms in total. The number of hydrogen-bond acceptors (Lipinski definition) is 3. The van der Waals surface area contributed by atoms with Crippen LogP contribution in [-0.4, -0.2) is 29.2 Å². The smallest absolute Gasteiger partial charge is 0.259 e. The van der Waals surface area contributed by atoms with Crippen LogP contribution in [0.3, 0.4) is 0 Å². The highest BCUT2D eigenvalue weighted by molar-refractivity contribution is 6.05. The maximum Gasteiger partial charge on any atom is 0.259 e. The van der Waals surface area contributed by atoms with Gasteiger partial charge in [-0.25, -0.2) is 0 Å². The SMILES string of the molecule is Cc1cc(N2CCCC2)ccc1NC(=O)c1cn[nH]c1C. The van der Waals surface area contributed by atoms with Crippen LogP contribution in [0, 0.1) is 13.8 Å². The zero-order valence-corrected chi connectivity index (χ0v) is 12.4. The number of carbonyl (C=O) groups is 1. The molecule has 0 saturated carbocycles. The third-order valence-electron chi connectivity index (χ3n) is 4.00. The highest BCUT2D eigenvalue weighted by Crippen LogP contribution is 2.25. The predicted molar refractivity (Wildman–Crippen MR) is 83.9 cm³/mol. The first kappa shape index (κ1) is 13.7. The molecular weight excluding hydrogens is 264 g/mol. The average Bonchev–Trinajstić information content (AvgIpc) is 3.12. The van der Waals surface area contributed by atoms with E-state index < -0.39 is 0 Å². The summed E-state index contributed by atoms with van der Waals surface area (Å²) in [7, 11) is 0. The van der Waals surface area contributed by atoms with Crippen molar-refractivity contribution in [3.05, 3.63) is 41.2 Å². The lowest BCUT2D eigenvalue weighted by Crippen LogP contribution is -2.18. The molecule has 0 aliphatic carbocycles. The van der Waals surface area contributed by atoms with Crippen molar-refractivity contribution < 1.29 is 4.79 Å². The summed E-state index contributed by atoms with van der Waals surface area (Å²) in [6.07, 6.45) is 4.08. The topological polar surface area (TPSA) is 61.0 Å². The van der Waals surface area contributed by atoms with Gasteiger partial charge in [0.05, 0.1) is 11.8 Å². The molecule has 2 heterocycles. The van der Waals surface area contributed by atoms with Crippen LogP contribution in [-0.2, 0) is 0 Å². The molecule has 2 N–H and O–H groups in total. The van der Waals surface area contributed by atoms with Crippen LogP contribution in [0.4, 0.5) is 11.4 Å². The number of amides is 1. The van der Waals surface area contributed by atoms with Crippen molar-refractivity contribution in [1.82, 2.24) is 10.2 Å². The molecule has 2 aromatic rings. The third kappa shape index (κ3) is 2.77. The van der Waals surface area contributed by atoms with Crippen molar-refractivity contribution in [1.29, 1.82) is 0 Å². The molecule has 1 aromatic carbocycles. The van der Waals surface area contributed by atoms with Gasteiger partial charge in [-0.1, -0.05) is 0 Å². The maximum absolute atomic E-state index is 12.2. The number of carbonyl (C=O) groups excluding carboxylic acids is 1. The molecule has 0 bridgehead atoms. The fourth-order valence-electron chi connectivity index (χ4n) is 2.73. The summed E-state index contributed by atoms with van der Waals surface area (Å²) in [5.41, 5.74) is 4.52. The average molecular weight is 284 g/mol. The van der Waals surface area contributed by atoms with Gasteiger partial charge in [0, 0.05) is 30.2 Å². The molecule has 1 aliphatic rings. The molecule has 0 radical (unpaired) electrons. The molecule has 0 unspecified atom stereocenters. The van der Waals surface area contributed by atoms with Crippen molar-refractivity contribution in [3.63, 3.8) is 0 Å². The number of aromatic amines is 1. The molecular formula is C16H20N4O. The Bertz CT molecular complexity index is 656. The van der Waals surface area contributed by atoms with E-state index in [1.807, 2.05) is 19.9 Å². The fourth-order valence-corrected chi connectivity index (χ4v) is 2.73. The monoisotopic (exact) mass is 284 g/mol. The second-order valence-electron chi connectivity index (χ2n) is 5.56. The molecule has 3 rings (SSSR count). The molecule has 1 aromatic heterocycles. The van der Waals surface area contributed by atoms with E-state index in [4.69, 9.17) is 0 Å². The van der Waals surface area contributed by atoms with Gasteiger partial charge in [0.25, 0.3) is 5.91 Å². The molecule has 1 aliphatic heterocycles. The van der Waals surface area contributed by atoms with Crippen LogP contribution in [0.5, 0.6) is 0 Å². The Morgan fingerprint density at radius 2 is 2.05 bits per heavy atom. The van der Waals surface area contributed by atoms with E-state index in [0.29, 0.717) is 5.56 Å². The fraction of sp³-hybridized carbons (Fsp3) is 0.375. The molecule has 5 heteroatoms. The minimum atomic E-state index is -0.127. The lowest BCUT2D eigenvalue weighted by Gasteiger charge is -2.19. The van der Waals surface area contributed by atoms with Crippen LogP contribution in [0.2, 0.25) is 0 Å². The van der Waals surface area contributed by atoms with Gasteiger partial charge in [0.15, 0.2) is 0 Å². The van der Waals surface area contributed by atoms with Gasteiger partial charge in [-0.15, -0.1) is 0 Å². The largest absolute Gasteiger partial charge is 0.372 e. The second kappa shape index (κ2) is 5.60. The van der Waals surface area contributed by atoms with E-state index in [2.05, 4.69) is 32.5 Å². The molecule has 1 fully saturated rings. The van der Waals surface area contributed by atoms with Crippen LogP contribution < -0.4 is 10.2 Å². The van der Waals surface area contributed by atoms with Crippen molar-refractivity contribution >= 4 is 17.3 Å². The van der Waals surface area contributed by atoms with Crippen molar-refractivity contribution in [2.75, 3.05) is 23.3 Å². The van der Waals surface area contributed by atoms with E-state index in [1.54, 1.807) is 6.20 Å². The zero-order chi connectivity index (χ0) is 14.8. The molecule has 0 atom stereocenters. The number of nitrogens with one attached hydrogen (secondary N) is 2. The van der Waals surface area contributed by atoms with E-state index in [-0.39, 0.29) is 5.91 Å².